The smallest absolute Gasteiger partial charge is 0.212 e. The number of rotatable bonds is 9. The van der Waals surface area contributed by atoms with Gasteiger partial charge in [-0.25, -0.2) is 22.2 Å². The number of sulfonamides is 1. The molecule has 0 aliphatic carbocycles. The van der Waals surface area contributed by atoms with E-state index in [0.29, 0.717) is 5.75 Å². The topological polar surface area (TPSA) is 73.2 Å². The number of nitrogens with zero attached hydrogens (tertiary/aromatic N) is 2. The Morgan fingerprint density at radius 3 is 2.38 bits per heavy atom. The lowest BCUT2D eigenvalue weighted by Crippen LogP contribution is -2.41. The van der Waals surface area contributed by atoms with Crippen molar-refractivity contribution in [2.45, 2.75) is 32.9 Å². The number of benzene rings is 3. The Hall–Kier alpha value is -3.23. The fourth-order valence-electron chi connectivity index (χ4n) is 3.95. The number of halogens is 1. The maximum absolute atomic E-state index is 13.3. The number of nitrogens with one attached hydrogen (secondary N) is 1. The summed E-state index contributed by atoms with van der Waals surface area (Å²) in [6, 6.07) is 20.8. The van der Waals surface area contributed by atoms with Crippen LogP contribution in [0.25, 0.3) is 16.6 Å². The van der Waals surface area contributed by atoms with Crippen LogP contribution in [0.3, 0.4) is 0 Å². The van der Waals surface area contributed by atoms with Crippen LogP contribution in [0.4, 0.5) is 4.39 Å². The number of ether oxygens (including phenoxy) is 1. The van der Waals surface area contributed by atoms with E-state index in [1.54, 1.807) is 29.9 Å². The lowest BCUT2D eigenvalue weighted by molar-refractivity contribution is 0.173. The zero-order valence-electron chi connectivity index (χ0n) is 19.4. The van der Waals surface area contributed by atoms with Crippen molar-refractivity contribution in [3.05, 3.63) is 90.4 Å². The third-order valence-corrected chi connectivity index (χ3v) is 7.21. The largest absolute Gasteiger partial charge is 0.484 e. The summed E-state index contributed by atoms with van der Waals surface area (Å²) in [7, 11) is -3.46. The molecule has 2 atom stereocenters. The molecule has 0 fully saturated rings. The first kappa shape index (κ1) is 23.9. The van der Waals surface area contributed by atoms with Crippen LogP contribution in [0.15, 0.2) is 79.0 Å². The van der Waals surface area contributed by atoms with Crippen LogP contribution in [0, 0.1) is 11.7 Å². The van der Waals surface area contributed by atoms with Crippen molar-refractivity contribution in [1.82, 2.24) is 14.5 Å². The Morgan fingerprint density at radius 2 is 1.71 bits per heavy atom. The van der Waals surface area contributed by atoms with E-state index in [1.807, 2.05) is 62.4 Å². The maximum Gasteiger partial charge on any atom is 0.212 e. The Labute approximate surface area is 199 Å². The molecule has 1 N–H and O–H groups in total. The standard InChI is InChI=1S/C26H28FN3O3S/c1-18(2)17-34(31,32)29-19(3)26(20-7-5-4-6-8-20)33-24-13-14-25-21(15-24)16-28-30(25)23-11-9-22(27)10-12-23/h4-16,18-19,26,29H,17H2,1-3H3/t19-,26-/m0/s1. The van der Waals surface area contributed by atoms with Crippen molar-refractivity contribution in [2.24, 2.45) is 5.92 Å². The Kier molecular flexibility index (Phi) is 7.00. The molecule has 4 aromatic rings. The van der Waals surface area contributed by atoms with Gasteiger partial charge < -0.3 is 4.74 Å². The average Bonchev–Trinajstić information content (AvgIpc) is 3.20. The van der Waals surface area contributed by atoms with E-state index in [1.165, 1.54) is 12.1 Å². The predicted molar refractivity (Wildman–Crippen MR) is 132 cm³/mol. The van der Waals surface area contributed by atoms with Gasteiger partial charge in [0.25, 0.3) is 0 Å². The molecule has 0 amide bonds. The molecular formula is C26H28FN3O3S. The minimum Gasteiger partial charge on any atom is -0.484 e. The monoisotopic (exact) mass is 481 g/mol. The second-order valence-electron chi connectivity index (χ2n) is 8.78. The molecule has 0 aliphatic rings. The van der Waals surface area contributed by atoms with Crippen molar-refractivity contribution in [3.63, 3.8) is 0 Å². The first-order chi connectivity index (χ1) is 16.2. The molecule has 6 nitrogen and oxygen atoms in total. The second kappa shape index (κ2) is 9.95. The highest BCUT2D eigenvalue weighted by Gasteiger charge is 2.26. The van der Waals surface area contributed by atoms with E-state index in [2.05, 4.69) is 9.82 Å². The summed E-state index contributed by atoms with van der Waals surface area (Å²) in [4.78, 5) is 0. The molecule has 1 heterocycles. The van der Waals surface area contributed by atoms with E-state index in [4.69, 9.17) is 4.74 Å². The van der Waals surface area contributed by atoms with Gasteiger partial charge in [0.15, 0.2) is 0 Å². The summed E-state index contributed by atoms with van der Waals surface area (Å²) in [5.41, 5.74) is 2.46. The SMILES string of the molecule is CC(C)CS(=O)(=O)N[C@@H](C)[C@H](Oc1ccc2c(cnn2-c2ccc(F)cc2)c1)c1ccccc1. The zero-order chi connectivity index (χ0) is 24.3. The molecule has 8 heteroatoms. The minimum absolute atomic E-state index is 0.0147. The van der Waals surface area contributed by atoms with E-state index in [0.717, 1.165) is 22.2 Å². The molecule has 0 saturated carbocycles. The minimum atomic E-state index is -3.46. The lowest BCUT2D eigenvalue weighted by atomic mass is 10.0. The second-order valence-corrected chi connectivity index (χ2v) is 10.6. The van der Waals surface area contributed by atoms with Crippen LogP contribution in [-0.2, 0) is 10.0 Å². The first-order valence-corrected chi connectivity index (χ1v) is 12.8. The summed E-state index contributed by atoms with van der Waals surface area (Å²) >= 11 is 0. The van der Waals surface area contributed by atoms with E-state index >= 15 is 0 Å². The molecule has 4 rings (SSSR count). The fraction of sp³-hybridized carbons (Fsp3) is 0.269. The summed E-state index contributed by atoms with van der Waals surface area (Å²) in [5.74, 6) is 0.352. The van der Waals surface area contributed by atoms with Crippen LogP contribution in [-0.4, -0.2) is 30.0 Å². The van der Waals surface area contributed by atoms with Gasteiger partial charge in [-0.3, -0.25) is 0 Å². The molecule has 0 bridgehead atoms. The highest BCUT2D eigenvalue weighted by Crippen LogP contribution is 2.29. The van der Waals surface area contributed by atoms with Crippen molar-refractivity contribution >= 4 is 20.9 Å². The van der Waals surface area contributed by atoms with Gasteiger partial charge in [0.2, 0.25) is 10.0 Å². The van der Waals surface area contributed by atoms with Crippen LogP contribution in [0.5, 0.6) is 5.75 Å². The predicted octanol–water partition coefficient (Wildman–Crippen LogP) is 5.25. The summed E-state index contributed by atoms with van der Waals surface area (Å²) in [5, 5.41) is 5.28. The molecule has 0 spiro atoms. The van der Waals surface area contributed by atoms with Crippen molar-refractivity contribution in [2.75, 3.05) is 5.75 Å². The molecule has 1 aromatic heterocycles. The summed E-state index contributed by atoms with van der Waals surface area (Å²) < 4.78 is 49.3. The van der Waals surface area contributed by atoms with E-state index < -0.39 is 22.2 Å². The van der Waals surface area contributed by atoms with Crippen LogP contribution >= 0.6 is 0 Å². The number of hydrogen-bond acceptors (Lipinski definition) is 4. The summed E-state index contributed by atoms with van der Waals surface area (Å²) in [6.45, 7) is 5.55. The Bertz CT molecular complexity index is 1350. The third-order valence-electron chi connectivity index (χ3n) is 5.37. The molecule has 3 aromatic carbocycles. The molecule has 0 radical (unpaired) electrons. The fourth-order valence-corrected chi connectivity index (χ4v) is 5.62. The lowest BCUT2D eigenvalue weighted by Gasteiger charge is -2.27. The van der Waals surface area contributed by atoms with Gasteiger partial charge in [-0.15, -0.1) is 0 Å². The van der Waals surface area contributed by atoms with Crippen LogP contribution in [0.1, 0.15) is 32.4 Å². The first-order valence-electron chi connectivity index (χ1n) is 11.2. The van der Waals surface area contributed by atoms with Gasteiger partial charge in [-0.05, 0) is 60.9 Å². The van der Waals surface area contributed by atoms with Crippen molar-refractivity contribution < 1.29 is 17.5 Å². The van der Waals surface area contributed by atoms with Crippen LogP contribution < -0.4 is 9.46 Å². The van der Waals surface area contributed by atoms with Gasteiger partial charge in [-0.2, -0.15) is 5.10 Å². The zero-order valence-corrected chi connectivity index (χ0v) is 20.2. The Balaban J connectivity index is 1.62. The molecule has 0 unspecified atom stereocenters. The summed E-state index contributed by atoms with van der Waals surface area (Å²) in [6.07, 6.45) is 1.19. The molecule has 0 aliphatic heterocycles. The Morgan fingerprint density at radius 1 is 1.00 bits per heavy atom. The van der Waals surface area contributed by atoms with Gasteiger partial charge in [0, 0.05) is 5.39 Å². The molecule has 34 heavy (non-hydrogen) atoms. The third kappa shape index (κ3) is 5.63. The van der Waals surface area contributed by atoms with Crippen molar-refractivity contribution in [3.8, 4) is 11.4 Å². The normalized spacial score (nSPS) is 13.8. The quantitative estimate of drug-likeness (QED) is 0.354. The van der Waals surface area contributed by atoms with Crippen LogP contribution in [0.2, 0.25) is 0 Å². The molecular weight excluding hydrogens is 453 g/mol. The molecule has 178 valence electrons. The highest BCUT2D eigenvalue weighted by atomic mass is 32.2. The van der Waals surface area contributed by atoms with Crippen molar-refractivity contribution in [1.29, 1.82) is 0 Å². The van der Waals surface area contributed by atoms with Gasteiger partial charge in [-0.1, -0.05) is 44.2 Å². The van der Waals surface area contributed by atoms with Gasteiger partial charge in [0.1, 0.15) is 17.7 Å². The van der Waals surface area contributed by atoms with Gasteiger partial charge >= 0.3 is 0 Å². The number of fused-ring (bicyclic) bond motifs is 1. The van der Waals surface area contributed by atoms with E-state index in [-0.39, 0.29) is 17.5 Å². The number of hydrogen-bond donors (Lipinski definition) is 1. The highest BCUT2D eigenvalue weighted by molar-refractivity contribution is 7.89. The maximum atomic E-state index is 13.3. The average molecular weight is 482 g/mol. The van der Waals surface area contributed by atoms with Gasteiger partial charge in [0.05, 0.1) is 29.2 Å². The number of aromatic nitrogens is 2. The van der Waals surface area contributed by atoms with E-state index in [9.17, 15) is 12.8 Å². The molecule has 0 saturated heterocycles.